The second-order valence-electron chi connectivity index (χ2n) is 4.18. The molecule has 1 saturated heterocycles. The van der Waals surface area contributed by atoms with E-state index in [1.807, 2.05) is 18.0 Å². The highest BCUT2D eigenvalue weighted by atomic mass is 32.2. The zero-order valence-electron chi connectivity index (χ0n) is 10.5. The van der Waals surface area contributed by atoms with Crippen molar-refractivity contribution < 1.29 is 14.7 Å². The predicted octanol–water partition coefficient (Wildman–Crippen LogP) is 1.39. The molecule has 1 rings (SSSR count). The third-order valence-electron chi connectivity index (χ3n) is 2.77. The van der Waals surface area contributed by atoms with Crippen molar-refractivity contribution >= 4 is 35.5 Å². The number of carboxylic acids is 1. The summed E-state index contributed by atoms with van der Waals surface area (Å²) in [4.78, 5) is 22.7. The summed E-state index contributed by atoms with van der Waals surface area (Å²) in [7, 11) is 0. The minimum absolute atomic E-state index is 0.182. The van der Waals surface area contributed by atoms with E-state index < -0.39 is 12.0 Å². The van der Waals surface area contributed by atoms with Gasteiger partial charge >= 0.3 is 12.0 Å². The van der Waals surface area contributed by atoms with Gasteiger partial charge in [0.15, 0.2) is 0 Å². The van der Waals surface area contributed by atoms with Crippen molar-refractivity contribution in [1.82, 2.24) is 10.6 Å². The van der Waals surface area contributed by atoms with E-state index in [0.717, 1.165) is 30.1 Å². The Morgan fingerprint density at radius 1 is 1.44 bits per heavy atom. The van der Waals surface area contributed by atoms with E-state index in [0.29, 0.717) is 6.42 Å². The van der Waals surface area contributed by atoms with E-state index in [1.54, 1.807) is 11.8 Å². The minimum Gasteiger partial charge on any atom is -0.480 e. The maximum atomic E-state index is 11.7. The standard InChI is InChI=1S/C11H20N2O3S2/c1-17-5-4-9(10(14)15)13-11(16)12-8-2-6-18-7-3-8/h8-9H,2-7H2,1H3,(H,14,15)(H2,12,13,16)/t9-/m1/s1. The minimum atomic E-state index is -0.974. The number of hydrogen-bond donors (Lipinski definition) is 3. The molecular formula is C11H20N2O3S2. The molecule has 0 aromatic carbocycles. The van der Waals surface area contributed by atoms with E-state index >= 15 is 0 Å². The first kappa shape index (κ1) is 15.5. The Bertz CT molecular complexity index is 283. The Labute approximate surface area is 116 Å². The second-order valence-corrected chi connectivity index (χ2v) is 6.39. The number of amides is 2. The summed E-state index contributed by atoms with van der Waals surface area (Å²) in [5, 5.41) is 14.4. The zero-order valence-corrected chi connectivity index (χ0v) is 12.1. The number of carboxylic acid groups (broad SMARTS) is 1. The first-order chi connectivity index (χ1) is 8.63. The lowest BCUT2D eigenvalue weighted by Gasteiger charge is -2.23. The van der Waals surface area contributed by atoms with Crippen LogP contribution in [0.15, 0.2) is 0 Å². The maximum absolute atomic E-state index is 11.7. The molecule has 0 aliphatic carbocycles. The number of carbonyl (C=O) groups excluding carboxylic acids is 1. The summed E-state index contributed by atoms with van der Waals surface area (Å²) >= 11 is 3.46. The second kappa shape index (κ2) is 8.53. The highest BCUT2D eigenvalue weighted by Gasteiger charge is 2.21. The van der Waals surface area contributed by atoms with Crippen molar-refractivity contribution in [3.05, 3.63) is 0 Å². The molecule has 1 fully saturated rings. The quantitative estimate of drug-likeness (QED) is 0.689. The normalized spacial score (nSPS) is 18.1. The number of rotatable bonds is 6. The molecule has 0 bridgehead atoms. The Morgan fingerprint density at radius 2 is 2.11 bits per heavy atom. The number of carbonyl (C=O) groups is 2. The number of nitrogens with one attached hydrogen (secondary N) is 2. The van der Waals surface area contributed by atoms with Crippen LogP contribution in [-0.2, 0) is 4.79 Å². The summed E-state index contributed by atoms with van der Waals surface area (Å²) in [6.45, 7) is 0. The van der Waals surface area contributed by atoms with E-state index in [1.165, 1.54) is 0 Å². The zero-order chi connectivity index (χ0) is 13.4. The molecule has 1 aliphatic rings. The number of hydrogen-bond acceptors (Lipinski definition) is 4. The monoisotopic (exact) mass is 292 g/mol. The highest BCUT2D eigenvalue weighted by Crippen LogP contribution is 2.16. The van der Waals surface area contributed by atoms with E-state index in [4.69, 9.17) is 5.11 Å². The Kier molecular flexibility index (Phi) is 7.34. The van der Waals surface area contributed by atoms with E-state index in [9.17, 15) is 9.59 Å². The van der Waals surface area contributed by atoms with Gasteiger partial charge < -0.3 is 15.7 Å². The van der Waals surface area contributed by atoms with Crippen LogP contribution in [0.5, 0.6) is 0 Å². The molecule has 0 aromatic heterocycles. The maximum Gasteiger partial charge on any atom is 0.326 e. The third kappa shape index (κ3) is 5.86. The van der Waals surface area contributed by atoms with Gasteiger partial charge in [0.1, 0.15) is 6.04 Å². The van der Waals surface area contributed by atoms with Crippen molar-refractivity contribution in [3.63, 3.8) is 0 Å². The van der Waals surface area contributed by atoms with Gasteiger partial charge in [-0.25, -0.2) is 9.59 Å². The van der Waals surface area contributed by atoms with Gasteiger partial charge in [-0.2, -0.15) is 23.5 Å². The van der Waals surface area contributed by atoms with Crippen LogP contribution in [0.4, 0.5) is 4.79 Å². The van der Waals surface area contributed by atoms with Crippen molar-refractivity contribution in [1.29, 1.82) is 0 Å². The first-order valence-electron chi connectivity index (χ1n) is 6.00. The molecule has 1 atom stereocenters. The van der Waals surface area contributed by atoms with Gasteiger partial charge in [0.2, 0.25) is 0 Å². The summed E-state index contributed by atoms with van der Waals surface area (Å²) in [5.74, 6) is 1.86. The molecule has 0 aromatic rings. The smallest absolute Gasteiger partial charge is 0.326 e. The molecule has 0 saturated carbocycles. The van der Waals surface area contributed by atoms with Gasteiger partial charge in [-0.15, -0.1) is 0 Å². The van der Waals surface area contributed by atoms with E-state index in [2.05, 4.69) is 10.6 Å². The van der Waals surface area contributed by atoms with Gasteiger partial charge in [0.05, 0.1) is 0 Å². The third-order valence-corrected chi connectivity index (χ3v) is 4.46. The van der Waals surface area contributed by atoms with Gasteiger partial charge in [0, 0.05) is 6.04 Å². The van der Waals surface area contributed by atoms with Crippen molar-refractivity contribution in [2.24, 2.45) is 0 Å². The molecule has 1 heterocycles. The van der Waals surface area contributed by atoms with Crippen LogP contribution in [0.25, 0.3) is 0 Å². The Hall–Kier alpha value is -0.560. The molecular weight excluding hydrogens is 272 g/mol. The fraction of sp³-hybridized carbons (Fsp3) is 0.818. The van der Waals surface area contributed by atoms with Crippen LogP contribution in [0.1, 0.15) is 19.3 Å². The lowest BCUT2D eigenvalue weighted by molar-refractivity contribution is -0.139. The van der Waals surface area contributed by atoms with E-state index in [-0.39, 0.29) is 12.1 Å². The van der Waals surface area contributed by atoms with Crippen LogP contribution in [-0.4, -0.2) is 52.7 Å². The molecule has 5 nitrogen and oxygen atoms in total. The van der Waals surface area contributed by atoms with Gasteiger partial charge in [-0.1, -0.05) is 0 Å². The molecule has 0 spiro atoms. The Balaban J connectivity index is 2.32. The molecule has 0 radical (unpaired) electrons. The van der Waals surface area contributed by atoms with Crippen LogP contribution < -0.4 is 10.6 Å². The molecule has 0 unspecified atom stereocenters. The van der Waals surface area contributed by atoms with Gasteiger partial charge in [0.25, 0.3) is 0 Å². The summed E-state index contributed by atoms with van der Waals surface area (Å²) in [6.07, 6.45) is 4.28. The van der Waals surface area contributed by atoms with Crippen molar-refractivity contribution in [2.75, 3.05) is 23.5 Å². The SMILES string of the molecule is CSCC[C@@H](NC(=O)NC1CCSCC1)C(=O)O. The first-order valence-corrected chi connectivity index (χ1v) is 8.55. The van der Waals surface area contributed by atoms with Crippen LogP contribution in [0.3, 0.4) is 0 Å². The number of aliphatic carboxylic acids is 1. The van der Waals surface area contributed by atoms with Crippen LogP contribution in [0.2, 0.25) is 0 Å². The molecule has 1 aliphatic heterocycles. The average Bonchev–Trinajstić information content (AvgIpc) is 2.35. The van der Waals surface area contributed by atoms with Gasteiger partial charge in [-0.3, -0.25) is 0 Å². The lowest BCUT2D eigenvalue weighted by atomic mass is 10.1. The fourth-order valence-electron chi connectivity index (χ4n) is 1.72. The van der Waals surface area contributed by atoms with Crippen LogP contribution >= 0.6 is 23.5 Å². The van der Waals surface area contributed by atoms with Crippen LogP contribution in [0, 0.1) is 0 Å². The van der Waals surface area contributed by atoms with Gasteiger partial charge in [-0.05, 0) is 42.8 Å². The topological polar surface area (TPSA) is 78.4 Å². The average molecular weight is 292 g/mol. The fourth-order valence-corrected chi connectivity index (χ4v) is 3.30. The largest absolute Gasteiger partial charge is 0.480 e. The highest BCUT2D eigenvalue weighted by molar-refractivity contribution is 7.99. The Morgan fingerprint density at radius 3 is 2.67 bits per heavy atom. The predicted molar refractivity (Wildman–Crippen MR) is 76.4 cm³/mol. The molecule has 7 heteroatoms. The number of thioether (sulfide) groups is 2. The molecule has 18 heavy (non-hydrogen) atoms. The number of urea groups is 1. The molecule has 104 valence electrons. The molecule has 2 amide bonds. The summed E-state index contributed by atoms with van der Waals surface area (Å²) in [5.41, 5.74) is 0. The lowest BCUT2D eigenvalue weighted by Crippen LogP contribution is -2.49. The molecule has 3 N–H and O–H groups in total. The van der Waals surface area contributed by atoms with Crippen molar-refractivity contribution in [2.45, 2.75) is 31.3 Å². The summed E-state index contributed by atoms with van der Waals surface area (Å²) < 4.78 is 0. The summed E-state index contributed by atoms with van der Waals surface area (Å²) in [6, 6.07) is -0.975. The van der Waals surface area contributed by atoms with Crippen molar-refractivity contribution in [3.8, 4) is 0 Å².